The molecule has 0 saturated heterocycles. The Hall–Kier alpha value is -0.750. The summed E-state index contributed by atoms with van der Waals surface area (Å²) in [7, 11) is -4.47. The minimum atomic E-state index is -4.47. The topological polar surface area (TPSA) is 127 Å². The van der Waals surface area contributed by atoms with Crippen LogP contribution in [0.5, 0.6) is 0 Å². The minimum Gasteiger partial charge on any atom is -0.465 e. The van der Waals surface area contributed by atoms with Crippen molar-refractivity contribution < 1.29 is 28.7 Å². The average Bonchev–Trinajstić information content (AvgIpc) is 2.15. The summed E-state index contributed by atoms with van der Waals surface area (Å²) in [6.45, 7) is 2.82. The zero-order valence-corrected chi connectivity index (χ0v) is 10.0. The van der Waals surface area contributed by atoms with Crippen molar-refractivity contribution in [3.63, 3.8) is 0 Å². The molecular formula is C8H16NO6P. The maximum absolute atomic E-state index is 11.3. The highest BCUT2D eigenvalue weighted by atomic mass is 31.2. The summed E-state index contributed by atoms with van der Waals surface area (Å²) in [6, 6.07) is -1.18. The molecule has 0 amide bonds. The summed E-state index contributed by atoms with van der Waals surface area (Å²) >= 11 is 0. The standard InChI is InChI=1S/C8H16NO6P/c1-3-15-8(11)6(9)4-7(10)5(2)16(12,13)14/h5-6H,3-4,9H2,1-2H3,(H2,12,13,14)/t5?,6-/m1/s1. The smallest absolute Gasteiger partial charge is 0.335 e. The number of hydrogen-bond donors (Lipinski definition) is 3. The fourth-order valence-corrected chi connectivity index (χ4v) is 1.39. The minimum absolute atomic E-state index is 0.134. The normalized spacial score (nSPS) is 15.3. The van der Waals surface area contributed by atoms with Crippen molar-refractivity contribution in [2.75, 3.05) is 6.61 Å². The van der Waals surface area contributed by atoms with Gasteiger partial charge in [0.05, 0.1) is 6.61 Å². The molecule has 0 spiro atoms. The number of ether oxygens (including phenoxy) is 1. The van der Waals surface area contributed by atoms with E-state index in [9.17, 15) is 14.2 Å². The van der Waals surface area contributed by atoms with Gasteiger partial charge in [0.15, 0.2) is 0 Å². The van der Waals surface area contributed by atoms with E-state index in [2.05, 4.69) is 4.74 Å². The zero-order chi connectivity index (χ0) is 12.9. The fraction of sp³-hybridized carbons (Fsp3) is 0.750. The summed E-state index contributed by atoms with van der Waals surface area (Å²) < 4.78 is 15.3. The molecule has 0 rings (SSSR count). The van der Waals surface area contributed by atoms with Crippen LogP contribution in [0.3, 0.4) is 0 Å². The number of esters is 1. The zero-order valence-electron chi connectivity index (χ0n) is 9.12. The molecule has 0 aliphatic rings. The molecule has 0 saturated carbocycles. The molecule has 0 fully saturated rings. The highest BCUT2D eigenvalue weighted by molar-refractivity contribution is 7.53. The predicted molar refractivity (Wildman–Crippen MR) is 55.7 cm³/mol. The van der Waals surface area contributed by atoms with Crippen LogP contribution in [0.25, 0.3) is 0 Å². The lowest BCUT2D eigenvalue weighted by Crippen LogP contribution is -2.36. The number of Topliss-reactive ketones (excluding diaryl/α,β-unsaturated/α-hetero) is 1. The summed E-state index contributed by atoms with van der Waals surface area (Å²) in [4.78, 5) is 39.9. The number of carbonyl (C=O) groups is 2. The third-order valence-electron chi connectivity index (χ3n) is 1.98. The van der Waals surface area contributed by atoms with Gasteiger partial charge in [0.2, 0.25) is 0 Å². The number of rotatable bonds is 6. The third-order valence-corrected chi connectivity index (χ3v) is 3.28. The Kier molecular flexibility index (Phi) is 5.81. The lowest BCUT2D eigenvalue weighted by Gasteiger charge is -2.14. The summed E-state index contributed by atoms with van der Waals surface area (Å²) in [6.07, 6.45) is -0.439. The molecule has 0 aromatic heterocycles. The molecule has 0 aromatic rings. The largest absolute Gasteiger partial charge is 0.465 e. The molecule has 0 aliphatic heterocycles. The number of nitrogens with two attached hydrogens (primary N) is 1. The molecule has 4 N–H and O–H groups in total. The van der Waals surface area contributed by atoms with Gasteiger partial charge in [0, 0.05) is 6.42 Å². The Bertz CT molecular complexity index is 312. The van der Waals surface area contributed by atoms with Gasteiger partial charge < -0.3 is 20.3 Å². The Morgan fingerprint density at radius 3 is 2.31 bits per heavy atom. The van der Waals surface area contributed by atoms with Gasteiger partial charge in [-0.2, -0.15) is 0 Å². The van der Waals surface area contributed by atoms with Crippen LogP contribution in [-0.2, 0) is 18.9 Å². The maximum Gasteiger partial charge on any atom is 0.335 e. The van der Waals surface area contributed by atoms with E-state index in [1.54, 1.807) is 6.92 Å². The lowest BCUT2D eigenvalue weighted by atomic mass is 10.1. The van der Waals surface area contributed by atoms with E-state index < -0.39 is 37.5 Å². The van der Waals surface area contributed by atoms with Crippen molar-refractivity contribution in [2.24, 2.45) is 5.73 Å². The van der Waals surface area contributed by atoms with Gasteiger partial charge in [-0.1, -0.05) is 0 Å². The van der Waals surface area contributed by atoms with E-state index in [1.165, 1.54) is 0 Å². The number of hydrogen-bond acceptors (Lipinski definition) is 5. The van der Waals surface area contributed by atoms with Crippen molar-refractivity contribution in [1.82, 2.24) is 0 Å². The highest BCUT2D eigenvalue weighted by Gasteiger charge is 2.32. The van der Waals surface area contributed by atoms with Crippen LogP contribution in [0.15, 0.2) is 0 Å². The van der Waals surface area contributed by atoms with Gasteiger partial charge in [-0.25, -0.2) is 0 Å². The second kappa shape index (κ2) is 6.10. The van der Waals surface area contributed by atoms with Crippen molar-refractivity contribution in [3.05, 3.63) is 0 Å². The van der Waals surface area contributed by atoms with Crippen LogP contribution in [0.4, 0.5) is 0 Å². The summed E-state index contributed by atoms with van der Waals surface area (Å²) in [5, 5.41) is 0. The first kappa shape index (κ1) is 15.2. The Morgan fingerprint density at radius 2 is 1.94 bits per heavy atom. The van der Waals surface area contributed by atoms with Gasteiger partial charge in [0.1, 0.15) is 17.5 Å². The van der Waals surface area contributed by atoms with Crippen molar-refractivity contribution in [1.29, 1.82) is 0 Å². The molecule has 2 atom stereocenters. The van der Waals surface area contributed by atoms with Gasteiger partial charge in [0.25, 0.3) is 0 Å². The first-order valence-corrected chi connectivity index (χ1v) is 6.38. The van der Waals surface area contributed by atoms with Crippen molar-refractivity contribution >= 4 is 19.3 Å². The maximum atomic E-state index is 11.3. The Labute approximate surface area is 93.1 Å². The van der Waals surface area contributed by atoms with Gasteiger partial charge in [-0.15, -0.1) is 0 Å². The first-order chi connectivity index (χ1) is 7.20. The molecule has 0 heterocycles. The number of carbonyl (C=O) groups excluding carboxylic acids is 2. The molecule has 16 heavy (non-hydrogen) atoms. The van der Waals surface area contributed by atoms with E-state index >= 15 is 0 Å². The molecule has 0 aliphatic carbocycles. The molecule has 94 valence electrons. The van der Waals surface area contributed by atoms with Crippen LogP contribution in [0, 0.1) is 0 Å². The molecule has 8 heteroatoms. The molecule has 0 aromatic carbocycles. The van der Waals surface area contributed by atoms with Crippen LogP contribution in [0.1, 0.15) is 20.3 Å². The van der Waals surface area contributed by atoms with Crippen LogP contribution in [0.2, 0.25) is 0 Å². The predicted octanol–water partition coefficient (Wildman–Crippen LogP) is -0.598. The van der Waals surface area contributed by atoms with Crippen molar-refractivity contribution in [3.8, 4) is 0 Å². The highest BCUT2D eigenvalue weighted by Crippen LogP contribution is 2.41. The monoisotopic (exact) mass is 253 g/mol. The SMILES string of the molecule is CCOC(=O)[C@H](N)CC(=O)C(C)P(=O)(O)O. The van der Waals surface area contributed by atoms with Crippen LogP contribution < -0.4 is 5.73 Å². The molecule has 1 unspecified atom stereocenters. The fourth-order valence-electron chi connectivity index (χ4n) is 0.908. The third kappa shape index (κ3) is 4.85. The lowest BCUT2D eigenvalue weighted by molar-refractivity contribution is -0.146. The van der Waals surface area contributed by atoms with Crippen molar-refractivity contribution in [2.45, 2.75) is 32.0 Å². The van der Waals surface area contributed by atoms with E-state index in [4.69, 9.17) is 15.5 Å². The number of ketones is 1. The Balaban J connectivity index is 4.35. The summed E-state index contributed by atoms with van der Waals surface area (Å²) in [5.74, 6) is -1.51. The Morgan fingerprint density at radius 1 is 1.44 bits per heavy atom. The second-order valence-electron chi connectivity index (χ2n) is 3.29. The average molecular weight is 253 g/mol. The summed E-state index contributed by atoms with van der Waals surface area (Å²) in [5.41, 5.74) is 3.89. The van der Waals surface area contributed by atoms with E-state index in [0.717, 1.165) is 6.92 Å². The molecule has 0 bridgehead atoms. The first-order valence-electron chi connectivity index (χ1n) is 4.70. The van der Waals surface area contributed by atoms with E-state index in [1.807, 2.05) is 0 Å². The van der Waals surface area contributed by atoms with Crippen LogP contribution in [-0.4, -0.2) is 39.8 Å². The van der Waals surface area contributed by atoms with Gasteiger partial charge in [-0.05, 0) is 13.8 Å². The molecule has 7 nitrogen and oxygen atoms in total. The molecule has 0 radical (unpaired) electrons. The van der Waals surface area contributed by atoms with Gasteiger partial charge >= 0.3 is 13.6 Å². The van der Waals surface area contributed by atoms with Crippen LogP contribution >= 0.6 is 7.60 Å². The van der Waals surface area contributed by atoms with Gasteiger partial charge in [-0.3, -0.25) is 14.2 Å². The van der Waals surface area contributed by atoms with E-state index in [-0.39, 0.29) is 6.61 Å². The molecular weight excluding hydrogens is 237 g/mol. The quantitative estimate of drug-likeness (QED) is 0.426. The second-order valence-corrected chi connectivity index (χ2v) is 5.25. The van der Waals surface area contributed by atoms with E-state index in [0.29, 0.717) is 0 Å².